The normalized spacial score (nSPS) is 12.0. The van der Waals surface area contributed by atoms with E-state index in [-0.39, 0.29) is 5.97 Å². The van der Waals surface area contributed by atoms with Gasteiger partial charge in [0, 0.05) is 6.08 Å². The first-order chi connectivity index (χ1) is 12.3. The van der Waals surface area contributed by atoms with Gasteiger partial charge in [-0.1, -0.05) is 63.0 Å². The highest BCUT2D eigenvalue weighted by Gasteiger charge is 1.97. The highest BCUT2D eigenvalue weighted by molar-refractivity contribution is 5.82. The van der Waals surface area contributed by atoms with E-state index in [2.05, 4.69) is 13.0 Å². The Kier molecular flexibility index (Phi) is 11.7. The Balaban J connectivity index is 2.59. The summed E-state index contributed by atoms with van der Waals surface area (Å²) < 4.78 is 10.8. The smallest absolute Gasteiger partial charge is 0.330 e. The second-order valence-corrected chi connectivity index (χ2v) is 5.69. The molecule has 0 saturated carbocycles. The number of carbonyl (C=O) groups is 1. The van der Waals surface area contributed by atoms with Crippen molar-refractivity contribution in [1.29, 1.82) is 0 Å². The van der Waals surface area contributed by atoms with E-state index in [1.807, 2.05) is 36.4 Å². The monoisotopic (exact) mass is 342 g/mol. The Morgan fingerprint density at radius 2 is 1.68 bits per heavy atom. The largest absolute Gasteiger partial charge is 0.463 e. The van der Waals surface area contributed by atoms with Crippen LogP contribution < -0.4 is 4.74 Å². The molecule has 3 heteroatoms. The van der Waals surface area contributed by atoms with Gasteiger partial charge in [0.1, 0.15) is 11.5 Å². The SMILES string of the molecule is CCCCCCC/C=C(/C=C/C=C/C(=O)OCC)Oc1ccccc1. The summed E-state index contributed by atoms with van der Waals surface area (Å²) in [4.78, 5) is 11.3. The van der Waals surface area contributed by atoms with E-state index in [1.165, 1.54) is 31.8 Å². The fourth-order valence-corrected chi connectivity index (χ4v) is 2.24. The van der Waals surface area contributed by atoms with Crippen LogP contribution in [-0.2, 0) is 9.53 Å². The first-order valence-corrected chi connectivity index (χ1v) is 9.20. The second-order valence-electron chi connectivity index (χ2n) is 5.69. The van der Waals surface area contributed by atoms with Crippen LogP contribution in [0.5, 0.6) is 5.75 Å². The lowest BCUT2D eigenvalue weighted by molar-refractivity contribution is -0.137. The van der Waals surface area contributed by atoms with E-state index < -0.39 is 0 Å². The van der Waals surface area contributed by atoms with Gasteiger partial charge in [-0.05, 0) is 44.1 Å². The average Bonchev–Trinajstić information content (AvgIpc) is 2.62. The van der Waals surface area contributed by atoms with Gasteiger partial charge in [0.25, 0.3) is 0 Å². The fraction of sp³-hybridized carbons (Fsp3) is 0.409. The number of hydrogen-bond acceptors (Lipinski definition) is 3. The van der Waals surface area contributed by atoms with Crippen molar-refractivity contribution in [2.45, 2.75) is 52.4 Å². The van der Waals surface area contributed by atoms with Gasteiger partial charge in [0.15, 0.2) is 0 Å². The summed E-state index contributed by atoms with van der Waals surface area (Å²) >= 11 is 0. The quantitative estimate of drug-likeness (QED) is 0.154. The van der Waals surface area contributed by atoms with Gasteiger partial charge in [-0.2, -0.15) is 0 Å². The predicted molar refractivity (Wildman–Crippen MR) is 103 cm³/mol. The zero-order valence-electron chi connectivity index (χ0n) is 15.4. The number of para-hydroxylation sites is 1. The molecule has 1 rings (SSSR count). The summed E-state index contributed by atoms with van der Waals surface area (Å²) in [5.74, 6) is 1.26. The molecule has 0 aliphatic carbocycles. The van der Waals surface area contributed by atoms with Crippen LogP contribution in [0.1, 0.15) is 52.4 Å². The van der Waals surface area contributed by atoms with Crippen molar-refractivity contribution in [3.8, 4) is 5.75 Å². The van der Waals surface area contributed by atoms with Crippen LogP contribution in [0, 0.1) is 0 Å². The van der Waals surface area contributed by atoms with Crippen LogP contribution in [0.4, 0.5) is 0 Å². The first-order valence-electron chi connectivity index (χ1n) is 9.20. The molecule has 0 fully saturated rings. The number of ether oxygens (including phenoxy) is 2. The molecule has 136 valence electrons. The van der Waals surface area contributed by atoms with E-state index in [9.17, 15) is 4.79 Å². The molecule has 0 N–H and O–H groups in total. The minimum Gasteiger partial charge on any atom is -0.463 e. The second kappa shape index (κ2) is 14.1. The third-order valence-corrected chi connectivity index (χ3v) is 3.52. The molecular weight excluding hydrogens is 312 g/mol. The lowest BCUT2D eigenvalue weighted by atomic mass is 10.1. The van der Waals surface area contributed by atoms with Crippen LogP contribution in [0.15, 0.2) is 66.5 Å². The molecule has 0 aliphatic heterocycles. The molecule has 25 heavy (non-hydrogen) atoms. The van der Waals surface area contributed by atoms with Crippen molar-refractivity contribution in [2.75, 3.05) is 6.61 Å². The number of benzene rings is 1. The van der Waals surface area contributed by atoms with Crippen molar-refractivity contribution in [1.82, 2.24) is 0 Å². The molecule has 0 heterocycles. The minimum absolute atomic E-state index is 0.336. The summed E-state index contributed by atoms with van der Waals surface area (Å²) in [5, 5.41) is 0. The Bertz CT molecular complexity index is 556. The van der Waals surface area contributed by atoms with E-state index in [0.29, 0.717) is 6.61 Å². The zero-order valence-corrected chi connectivity index (χ0v) is 15.4. The first kappa shape index (κ1) is 20.8. The molecule has 0 spiro atoms. The van der Waals surface area contributed by atoms with Crippen molar-refractivity contribution in [3.63, 3.8) is 0 Å². The molecule has 1 aromatic rings. The molecule has 1 aromatic carbocycles. The summed E-state index contributed by atoms with van der Waals surface area (Å²) in [7, 11) is 0. The lowest BCUT2D eigenvalue weighted by Gasteiger charge is -2.06. The highest BCUT2D eigenvalue weighted by atomic mass is 16.5. The van der Waals surface area contributed by atoms with E-state index in [4.69, 9.17) is 9.47 Å². The summed E-state index contributed by atoms with van der Waals surface area (Å²) in [6, 6.07) is 9.71. The maximum Gasteiger partial charge on any atom is 0.330 e. The van der Waals surface area contributed by atoms with Gasteiger partial charge in [-0.15, -0.1) is 0 Å². The van der Waals surface area contributed by atoms with Crippen LogP contribution in [0.3, 0.4) is 0 Å². The summed E-state index contributed by atoms with van der Waals surface area (Å²) in [6.07, 6.45) is 16.1. The number of hydrogen-bond donors (Lipinski definition) is 0. The van der Waals surface area contributed by atoms with Crippen molar-refractivity contribution < 1.29 is 14.3 Å². The van der Waals surface area contributed by atoms with Crippen molar-refractivity contribution in [2.24, 2.45) is 0 Å². The van der Waals surface area contributed by atoms with Gasteiger partial charge in [0.05, 0.1) is 6.61 Å². The molecule has 0 aliphatic rings. The van der Waals surface area contributed by atoms with E-state index in [1.54, 1.807) is 19.1 Å². The van der Waals surface area contributed by atoms with Crippen molar-refractivity contribution >= 4 is 5.97 Å². The molecule has 0 unspecified atom stereocenters. The van der Waals surface area contributed by atoms with Crippen LogP contribution in [-0.4, -0.2) is 12.6 Å². The molecule has 3 nitrogen and oxygen atoms in total. The molecule has 0 aromatic heterocycles. The Morgan fingerprint density at radius 1 is 0.960 bits per heavy atom. The van der Waals surface area contributed by atoms with Gasteiger partial charge >= 0.3 is 5.97 Å². The predicted octanol–water partition coefficient (Wildman–Crippen LogP) is 5.99. The number of unbranched alkanes of at least 4 members (excludes halogenated alkanes) is 5. The molecule has 0 radical (unpaired) electrons. The van der Waals surface area contributed by atoms with Crippen LogP contribution in [0.25, 0.3) is 0 Å². The maximum atomic E-state index is 11.3. The van der Waals surface area contributed by atoms with Crippen LogP contribution >= 0.6 is 0 Å². The number of esters is 1. The van der Waals surface area contributed by atoms with Gasteiger partial charge in [0.2, 0.25) is 0 Å². The van der Waals surface area contributed by atoms with E-state index >= 15 is 0 Å². The standard InChI is InChI=1S/C22H30O3/c1-3-5-6-7-8-10-15-21(25-20-16-11-9-12-17-20)18-13-14-19-22(23)24-4-2/h9,11-19H,3-8,10H2,1-2H3/b18-13+,19-14+,21-15-. The molecule has 0 atom stereocenters. The average molecular weight is 342 g/mol. The molecular formula is C22H30O3. The zero-order chi connectivity index (χ0) is 18.2. The Morgan fingerprint density at radius 3 is 2.40 bits per heavy atom. The highest BCUT2D eigenvalue weighted by Crippen LogP contribution is 2.15. The lowest BCUT2D eigenvalue weighted by Crippen LogP contribution is -1.98. The topological polar surface area (TPSA) is 35.5 Å². The number of rotatable bonds is 12. The fourth-order valence-electron chi connectivity index (χ4n) is 2.24. The van der Waals surface area contributed by atoms with Crippen LogP contribution in [0.2, 0.25) is 0 Å². The Hall–Kier alpha value is -2.29. The Labute approximate surface area is 152 Å². The molecule has 0 amide bonds. The van der Waals surface area contributed by atoms with Gasteiger partial charge in [-0.25, -0.2) is 4.79 Å². The maximum absolute atomic E-state index is 11.3. The number of allylic oxidation sites excluding steroid dienone is 4. The summed E-state index contributed by atoms with van der Waals surface area (Å²) in [6.45, 7) is 4.39. The van der Waals surface area contributed by atoms with Crippen molar-refractivity contribution in [3.05, 3.63) is 66.5 Å². The third kappa shape index (κ3) is 11.0. The van der Waals surface area contributed by atoms with Gasteiger partial charge < -0.3 is 9.47 Å². The summed E-state index contributed by atoms with van der Waals surface area (Å²) in [5.41, 5.74) is 0. The molecule has 0 bridgehead atoms. The van der Waals surface area contributed by atoms with Gasteiger partial charge in [-0.3, -0.25) is 0 Å². The minimum atomic E-state index is -0.336. The molecule has 0 saturated heterocycles. The number of carbonyl (C=O) groups excluding carboxylic acids is 1. The third-order valence-electron chi connectivity index (χ3n) is 3.52. The van der Waals surface area contributed by atoms with E-state index in [0.717, 1.165) is 24.4 Å².